The number of methoxy groups -OCH3 is 3. The molecule has 1 heterocycles. The van der Waals surface area contributed by atoms with Gasteiger partial charge in [-0.1, -0.05) is 18.2 Å². The lowest BCUT2D eigenvalue weighted by Gasteiger charge is -2.12. The van der Waals surface area contributed by atoms with Gasteiger partial charge in [0.15, 0.2) is 16.3 Å². The number of aromatic amines is 1. The Morgan fingerprint density at radius 3 is 2.38 bits per heavy atom. The molecule has 0 aliphatic heterocycles. The smallest absolute Gasteiger partial charge is 0.199 e. The summed E-state index contributed by atoms with van der Waals surface area (Å²) in [5.41, 5.74) is 2.00. The zero-order valence-electron chi connectivity index (χ0n) is 15.0. The van der Waals surface area contributed by atoms with Gasteiger partial charge in [0.2, 0.25) is 0 Å². The largest absolute Gasteiger partial charge is 0.495 e. The molecule has 3 aromatic rings. The van der Waals surface area contributed by atoms with Gasteiger partial charge in [-0.25, -0.2) is 0 Å². The molecule has 3 rings (SSSR count). The van der Waals surface area contributed by atoms with Crippen LogP contribution in [0.4, 0.5) is 0 Å². The molecule has 0 radical (unpaired) electrons. The summed E-state index contributed by atoms with van der Waals surface area (Å²) >= 11 is 5.42. The Balaban J connectivity index is 1.87. The van der Waals surface area contributed by atoms with Gasteiger partial charge < -0.3 is 14.2 Å². The summed E-state index contributed by atoms with van der Waals surface area (Å²) in [4.78, 5) is 0. The van der Waals surface area contributed by atoms with Crippen LogP contribution in [0.5, 0.6) is 17.2 Å². The van der Waals surface area contributed by atoms with Gasteiger partial charge in [0.25, 0.3) is 0 Å². The van der Waals surface area contributed by atoms with Gasteiger partial charge in [-0.05, 0) is 48.5 Å². The highest BCUT2D eigenvalue weighted by molar-refractivity contribution is 7.71. The molecule has 1 N–H and O–H groups in total. The molecule has 6 nitrogen and oxygen atoms in total. The normalized spacial score (nSPS) is 10.6. The highest BCUT2D eigenvalue weighted by atomic mass is 32.1. The van der Waals surface area contributed by atoms with Crippen molar-refractivity contribution in [3.8, 4) is 22.9 Å². The molecule has 0 saturated heterocycles. The maximum Gasteiger partial charge on any atom is 0.199 e. The van der Waals surface area contributed by atoms with Crippen molar-refractivity contribution < 1.29 is 14.2 Å². The van der Waals surface area contributed by atoms with Gasteiger partial charge in [0, 0.05) is 6.42 Å². The maximum absolute atomic E-state index is 5.46. The molecule has 0 unspecified atom stereocenters. The molecule has 0 amide bonds. The molecule has 0 atom stereocenters. The fourth-order valence-corrected chi connectivity index (χ4v) is 3.10. The lowest BCUT2D eigenvalue weighted by atomic mass is 10.1. The van der Waals surface area contributed by atoms with E-state index in [1.165, 1.54) is 0 Å². The van der Waals surface area contributed by atoms with E-state index in [9.17, 15) is 0 Å². The molecular weight excluding hydrogens is 350 g/mol. The number of benzene rings is 2. The van der Waals surface area contributed by atoms with Crippen LogP contribution in [-0.4, -0.2) is 36.1 Å². The van der Waals surface area contributed by atoms with Crippen molar-refractivity contribution in [3.05, 3.63) is 58.6 Å². The Labute approximate surface area is 157 Å². The summed E-state index contributed by atoms with van der Waals surface area (Å²) in [6, 6.07) is 13.7. The number of aryl methyl sites for hydroxylation is 2. The van der Waals surface area contributed by atoms with Crippen molar-refractivity contribution in [2.24, 2.45) is 0 Å². The number of hydrogen-bond acceptors (Lipinski definition) is 5. The number of nitrogens with one attached hydrogen (secondary N) is 1. The molecule has 7 heteroatoms. The molecule has 26 heavy (non-hydrogen) atoms. The second-order valence-electron chi connectivity index (χ2n) is 5.64. The number of para-hydroxylation sites is 2. The second kappa shape index (κ2) is 8.05. The van der Waals surface area contributed by atoms with Crippen molar-refractivity contribution in [2.45, 2.75) is 12.8 Å². The summed E-state index contributed by atoms with van der Waals surface area (Å²) in [6.45, 7) is 0. The zero-order valence-corrected chi connectivity index (χ0v) is 15.8. The summed E-state index contributed by atoms with van der Waals surface area (Å²) in [7, 11) is 4.91. The van der Waals surface area contributed by atoms with E-state index in [4.69, 9.17) is 26.4 Å². The summed E-state index contributed by atoms with van der Waals surface area (Å²) in [5, 5.41) is 7.27. The SMILES string of the molecule is COc1ccc(CCc2n[nH]c(=S)n2-c2ccccc2OC)cc1OC. The van der Waals surface area contributed by atoms with E-state index >= 15 is 0 Å². The fraction of sp³-hybridized carbons (Fsp3) is 0.263. The molecule has 0 spiro atoms. The summed E-state index contributed by atoms with van der Waals surface area (Å²) in [6.07, 6.45) is 1.50. The van der Waals surface area contributed by atoms with E-state index in [0.717, 1.165) is 29.2 Å². The topological polar surface area (TPSA) is 61.3 Å². The number of hydrogen-bond donors (Lipinski definition) is 1. The Morgan fingerprint density at radius 2 is 1.65 bits per heavy atom. The quantitative estimate of drug-likeness (QED) is 0.641. The Hall–Kier alpha value is -2.80. The van der Waals surface area contributed by atoms with Gasteiger partial charge in [0.1, 0.15) is 11.6 Å². The predicted octanol–water partition coefficient (Wildman–Crippen LogP) is 3.74. The average Bonchev–Trinajstić information content (AvgIpc) is 3.06. The minimum atomic E-state index is 0.539. The Kier molecular flexibility index (Phi) is 5.58. The molecule has 0 saturated carbocycles. The second-order valence-corrected chi connectivity index (χ2v) is 6.03. The standard InChI is InChI=1S/C19H21N3O3S/c1-23-15-7-5-4-6-14(15)22-18(20-21-19(22)26)11-9-13-8-10-16(24-2)17(12-13)25-3/h4-8,10,12H,9,11H2,1-3H3,(H,21,26). The van der Waals surface area contributed by atoms with Crippen molar-refractivity contribution in [3.63, 3.8) is 0 Å². The average molecular weight is 371 g/mol. The third kappa shape index (κ3) is 3.57. The lowest BCUT2D eigenvalue weighted by molar-refractivity contribution is 0.354. The zero-order chi connectivity index (χ0) is 18.5. The van der Waals surface area contributed by atoms with Crippen LogP contribution in [0.25, 0.3) is 5.69 Å². The van der Waals surface area contributed by atoms with Crippen molar-refractivity contribution in [1.29, 1.82) is 0 Å². The Bertz CT molecular complexity index is 949. The first-order chi connectivity index (χ1) is 12.7. The number of nitrogens with zero attached hydrogens (tertiary/aromatic N) is 2. The highest BCUT2D eigenvalue weighted by Gasteiger charge is 2.13. The van der Waals surface area contributed by atoms with E-state index in [1.54, 1.807) is 21.3 Å². The molecule has 1 aromatic heterocycles. The monoisotopic (exact) mass is 371 g/mol. The van der Waals surface area contributed by atoms with Crippen LogP contribution >= 0.6 is 12.2 Å². The fourth-order valence-electron chi connectivity index (χ4n) is 2.85. The molecule has 0 fully saturated rings. The molecule has 0 bridgehead atoms. The van der Waals surface area contributed by atoms with E-state index in [1.807, 2.05) is 47.0 Å². The molecule has 0 aliphatic rings. The third-order valence-corrected chi connectivity index (χ3v) is 4.43. The van der Waals surface area contributed by atoms with Crippen LogP contribution < -0.4 is 14.2 Å². The van der Waals surface area contributed by atoms with Crippen LogP contribution in [0, 0.1) is 4.77 Å². The summed E-state index contributed by atoms with van der Waals surface area (Å²) in [5.74, 6) is 3.02. The van der Waals surface area contributed by atoms with E-state index in [0.29, 0.717) is 22.7 Å². The first kappa shape index (κ1) is 18.0. The molecule has 136 valence electrons. The first-order valence-electron chi connectivity index (χ1n) is 8.18. The van der Waals surface area contributed by atoms with Crippen LogP contribution in [0.1, 0.15) is 11.4 Å². The van der Waals surface area contributed by atoms with Gasteiger partial charge >= 0.3 is 0 Å². The predicted molar refractivity (Wildman–Crippen MR) is 102 cm³/mol. The number of aromatic nitrogens is 3. The van der Waals surface area contributed by atoms with Crippen molar-refractivity contribution >= 4 is 12.2 Å². The van der Waals surface area contributed by atoms with E-state index in [2.05, 4.69) is 10.2 Å². The van der Waals surface area contributed by atoms with Gasteiger partial charge in [-0.15, -0.1) is 0 Å². The van der Waals surface area contributed by atoms with Gasteiger partial charge in [-0.3, -0.25) is 9.67 Å². The third-order valence-electron chi connectivity index (χ3n) is 4.15. The van der Waals surface area contributed by atoms with E-state index in [-0.39, 0.29) is 0 Å². The maximum atomic E-state index is 5.46. The molecule has 0 aliphatic carbocycles. The lowest BCUT2D eigenvalue weighted by Crippen LogP contribution is -2.05. The minimum Gasteiger partial charge on any atom is -0.495 e. The highest BCUT2D eigenvalue weighted by Crippen LogP contribution is 2.28. The van der Waals surface area contributed by atoms with Crippen LogP contribution in [0.2, 0.25) is 0 Å². The van der Waals surface area contributed by atoms with E-state index < -0.39 is 0 Å². The molecule has 2 aromatic carbocycles. The van der Waals surface area contributed by atoms with Crippen molar-refractivity contribution in [1.82, 2.24) is 14.8 Å². The minimum absolute atomic E-state index is 0.539. The summed E-state index contributed by atoms with van der Waals surface area (Å²) < 4.78 is 18.6. The Morgan fingerprint density at radius 1 is 0.923 bits per heavy atom. The number of ether oxygens (including phenoxy) is 3. The molecular formula is C19H21N3O3S. The van der Waals surface area contributed by atoms with Crippen LogP contribution in [0.15, 0.2) is 42.5 Å². The van der Waals surface area contributed by atoms with Gasteiger partial charge in [0.05, 0.1) is 27.0 Å². The van der Waals surface area contributed by atoms with Crippen molar-refractivity contribution in [2.75, 3.05) is 21.3 Å². The van der Waals surface area contributed by atoms with Gasteiger partial charge in [-0.2, -0.15) is 5.10 Å². The van der Waals surface area contributed by atoms with Crippen LogP contribution in [0.3, 0.4) is 0 Å². The van der Waals surface area contributed by atoms with Crippen LogP contribution in [-0.2, 0) is 12.8 Å². The number of H-pyrrole nitrogens is 1. The number of rotatable bonds is 7. The first-order valence-corrected chi connectivity index (χ1v) is 8.59.